The topological polar surface area (TPSA) is 49.4 Å². The second-order valence-electron chi connectivity index (χ2n) is 7.13. The smallest absolute Gasteiger partial charge is 0.242 e. The molecule has 4 nitrogen and oxygen atoms in total. The molecule has 156 valence electrons. The standard InChI is InChI=1S/C23H28Cl2N2O2/c1-4-12-26-23(29)21(5-2)27(15-18-10-11-19(24)14-20(18)25)22(28)13-17-8-6-16(3)7-9-17/h6-11,14,21H,4-5,12-13,15H2,1-3H3,(H,26,29). The molecule has 0 spiro atoms. The molecule has 1 unspecified atom stereocenters. The highest BCUT2D eigenvalue weighted by atomic mass is 35.5. The van der Waals surface area contributed by atoms with Gasteiger partial charge in [0.25, 0.3) is 0 Å². The molecule has 6 heteroatoms. The number of halogens is 2. The van der Waals surface area contributed by atoms with Gasteiger partial charge in [0.1, 0.15) is 6.04 Å². The maximum Gasteiger partial charge on any atom is 0.242 e. The number of aryl methyl sites for hydroxylation is 1. The molecule has 2 aromatic rings. The maximum atomic E-state index is 13.2. The van der Waals surface area contributed by atoms with Crippen molar-refractivity contribution in [3.8, 4) is 0 Å². The number of nitrogens with zero attached hydrogens (tertiary/aromatic N) is 1. The van der Waals surface area contributed by atoms with Crippen molar-refractivity contribution in [1.82, 2.24) is 10.2 Å². The summed E-state index contributed by atoms with van der Waals surface area (Å²) in [6.45, 7) is 6.74. The summed E-state index contributed by atoms with van der Waals surface area (Å²) in [5.41, 5.74) is 2.81. The largest absolute Gasteiger partial charge is 0.354 e. The summed E-state index contributed by atoms with van der Waals surface area (Å²) in [6.07, 6.45) is 1.58. The lowest BCUT2D eigenvalue weighted by Crippen LogP contribution is -2.49. The Hall–Kier alpha value is -2.04. The molecule has 0 heterocycles. The van der Waals surface area contributed by atoms with E-state index in [2.05, 4.69) is 5.32 Å². The van der Waals surface area contributed by atoms with E-state index in [9.17, 15) is 9.59 Å². The molecule has 1 atom stereocenters. The fourth-order valence-electron chi connectivity index (χ4n) is 3.10. The van der Waals surface area contributed by atoms with Crippen LogP contribution in [0.1, 0.15) is 43.4 Å². The lowest BCUT2D eigenvalue weighted by atomic mass is 10.1. The molecule has 0 bridgehead atoms. The van der Waals surface area contributed by atoms with Gasteiger partial charge in [-0.3, -0.25) is 9.59 Å². The Morgan fingerprint density at radius 2 is 1.76 bits per heavy atom. The van der Waals surface area contributed by atoms with Crippen LogP contribution in [0.4, 0.5) is 0 Å². The van der Waals surface area contributed by atoms with Crippen LogP contribution in [-0.4, -0.2) is 29.3 Å². The second kappa shape index (κ2) is 11.2. The van der Waals surface area contributed by atoms with E-state index < -0.39 is 6.04 Å². The van der Waals surface area contributed by atoms with Gasteiger partial charge in [0.05, 0.1) is 6.42 Å². The summed E-state index contributed by atoms with van der Waals surface area (Å²) in [5, 5.41) is 3.93. The zero-order valence-electron chi connectivity index (χ0n) is 17.2. The molecule has 0 radical (unpaired) electrons. The number of carbonyl (C=O) groups excluding carboxylic acids is 2. The van der Waals surface area contributed by atoms with Crippen LogP contribution in [0.25, 0.3) is 0 Å². The van der Waals surface area contributed by atoms with Gasteiger partial charge >= 0.3 is 0 Å². The Labute approximate surface area is 183 Å². The average Bonchev–Trinajstić information content (AvgIpc) is 2.69. The van der Waals surface area contributed by atoms with E-state index in [1.54, 1.807) is 23.1 Å². The first-order valence-corrected chi connectivity index (χ1v) is 10.7. The summed E-state index contributed by atoms with van der Waals surface area (Å²) in [5.74, 6) is -0.255. The van der Waals surface area contributed by atoms with Gasteiger partial charge in [-0.15, -0.1) is 0 Å². The number of rotatable bonds is 9. The zero-order valence-corrected chi connectivity index (χ0v) is 18.7. The fraction of sp³-hybridized carbons (Fsp3) is 0.391. The van der Waals surface area contributed by atoms with E-state index in [-0.39, 0.29) is 24.8 Å². The van der Waals surface area contributed by atoms with Crippen molar-refractivity contribution in [1.29, 1.82) is 0 Å². The van der Waals surface area contributed by atoms with Crippen molar-refractivity contribution < 1.29 is 9.59 Å². The SMILES string of the molecule is CCCNC(=O)C(CC)N(Cc1ccc(Cl)cc1Cl)C(=O)Cc1ccc(C)cc1. The van der Waals surface area contributed by atoms with Crippen molar-refractivity contribution in [2.45, 2.75) is 52.6 Å². The first-order chi connectivity index (χ1) is 13.8. The van der Waals surface area contributed by atoms with E-state index >= 15 is 0 Å². The third-order valence-electron chi connectivity index (χ3n) is 4.77. The number of benzene rings is 2. The van der Waals surface area contributed by atoms with Gasteiger partial charge in [0.2, 0.25) is 11.8 Å². The Balaban J connectivity index is 2.30. The second-order valence-corrected chi connectivity index (χ2v) is 7.98. The highest BCUT2D eigenvalue weighted by molar-refractivity contribution is 6.35. The van der Waals surface area contributed by atoms with Crippen LogP contribution in [0.5, 0.6) is 0 Å². The highest BCUT2D eigenvalue weighted by Gasteiger charge is 2.29. The minimum atomic E-state index is -0.564. The number of amides is 2. The molecule has 2 aromatic carbocycles. The summed E-state index contributed by atoms with van der Waals surface area (Å²) >= 11 is 12.3. The maximum absolute atomic E-state index is 13.2. The van der Waals surface area contributed by atoms with Gasteiger partial charge in [-0.05, 0) is 43.0 Å². The molecule has 0 saturated carbocycles. The van der Waals surface area contributed by atoms with Crippen molar-refractivity contribution in [2.75, 3.05) is 6.54 Å². The van der Waals surface area contributed by atoms with E-state index in [1.807, 2.05) is 45.0 Å². The Morgan fingerprint density at radius 1 is 1.07 bits per heavy atom. The predicted molar refractivity (Wildman–Crippen MR) is 119 cm³/mol. The molecule has 0 aromatic heterocycles. The summed E-state index contributed by atoms with van der Waals surface area (Å²) in [6, 6.07) is 12.5. The normalized spacial score (nSPS) is 11.8. The molecule has 2 amide bonds. The van der Waals surface area contributed by atoms with Crippen molar-refractivity contribution in [2.24, 2.45) is 0 Å². The van der Waals surface area contributed by atoms with E-state index in [0.29, 0.717) is 23.0 Å². The lowest BCUT2D eigenvalue weighted by molar-refractivity contribution is -0.140. The number of hydrogen-bond donors (Lipinski definition) is 1. The third kappa shape index (κ3) is 6.76. The Bertz CT molecular complexity index is 837. The van der Waals surface area contributed by atoms with Crippen LogP contribution in [-0.2, 0) is 22.6 Å². The van der Waals surface area contributed by atoms with Crippen molar-refractivity contribution in [3.63, 3.8) is 0 Å². The lowest BCUT2D eigenvalue weighted by Gasteiger charge is -2.31. The predicted octanol–water partition coefficient (Wildman–Crippen LogP) is 5.18. The molecule has 0 aliphatic heterocycles. The van der Waals surface area contributed by atoms with E-state index in [0.717, 1.165) is 23.1 Å². The number of hydrogen-bond acceptors (Lipinski definition) is 2. The molecule has 0 saturated heterocycles. The summed E-state index contributed by atoms with van der Waals surface area (Å²) < 4.78 is 0. The van der Waals surface area contributed by atoms with Crippen LogP contribution in [0, 0.1) is 6.92 Å². The summed E-state index contributed by atoms with van der Waals surface area (Å²) in [7, 11) is 0. The quantitative estimate of drug-likeness (QED) is 0.590. The van der Waals surface area contributed by atoms with Crippen LogP contribution in [0.2, 0.25) is 10.0 Å². The van der Waals surface area contributed by atoms with Crippen LogP contribution in [0.3, 0.4) is 0 Å². The van der Waals surface area contributed by atoms with E-state index in [4.69, 9.17) is 23.2 Å². The van der Waals surface area contributed by atoms with E-state index in [1.165, 1.54) is 0 Å². The molecule has 0 fully saturated rings. The van der Waals surface area contributed by atoms with Gasteiger partial charge in [-0.1, -0.05) is 72.9 Å². The molecule has 2 rings (SSSR count). The molecular weight excluding hydrogens is 407 g/mol. The third-order valence-corrected chi connectivity index (χ3v) is 5.35. The van der Waals surface area contributed by atoms with Crippen molar-refractivity contribution in [3.05, 3.63) is 69.2 Å². The average molecular weight is 435 g/mol. The minimum absolute atomic E-state index is 0.113. The van der Waals surface area contributed by atoms with Gasteiger partial charge < -0.3 is 10.2 Å². The Morgan fingerprint density at radius 3 is 2.34 bits per heavy atom. The Kier molecular flexibility index (Phi) is 8.99. The minimum Gasteiger partial charge on any atom is -0.354 e. The molecular formula is C23H28Cl2N2O2. The van der Waals surface area contributed by atoms with Gasteiger partial charge in [-0.2, -0.15) is 0 Å². The molecule has 1 N–H and O–H groups in total. The fourth-order valence-corrected chi connectivity index (χ4v) is 3.57. The molecule has 0 aliphatic carbocycles. The summed E-state index contributed by atoms with van der Waals surface area (Å²) in [4.78, 5) is 27.6. The van der Waals surface area contributed by atoms with Crippen LogP contribution >= 0.6 is 23.2 Å². The zero-order chi connectivity index (χ0) is 21.4. The van der Waals surface area contributed by atoms with Gasteiger partial charge in [0, 0.05) is 23.1 Å². The number of nitrogens with one attached hydrogen (secondary N) is 1. The molecule has 0 aliphatic rings. The van der Waals surface area contributed by atoms with Gasteiger partial charge in [0.15, 0.2) is 0 Å². The van der Waals surface area contributed by atoms with Crippen LogP contribution < -0.4 is 5.32 Å². The highest BCUT2D eigenvalue weighted by Crippen LogP contribution is 2.24. The number of carbonyl (C=O) groups is 2. The van der Waals surface area contributed by atoms with Gasteiger partial charge in [-0.25, -0.2) is 0 Å². The first-order valence-electron chi connectivity index (χ1n) is 9.92. The first kappa shape index (κ1) is 23.2. The molecule has 29 heavy (non-hydrogen) atoms. The van der Waals surface area contributed by atoms with Crippen molar-refractivity contribution >= 4 is 35.0 Å². The monoisotopic (exact) mass is 434 g/mol. The van der Waals surface area contributed by atoms with Crippen LogP contribution in [0.15, 0.2) is 42.5 Å².